The molecule has 96 valence electrons. The average molecular weight is 311 g/mol. The van der Waals surface area contributed by atoms with Crippen LogP contribution in [0.2, 0.25) is 0 Å². The highest BCUT2D eigenvalue weighted by atomic mass is 79.9. The number of hydrogen-bond acceptors (Lipinski definition) is 2. The molecule has 0 spiro atoms. The van der Waals surface area contributed by atoms with Gasteiger partial charge in [-0.25, -0.2) is 4.39 Å². The summed E-state index contributed by atoms with van der Waals surface area (Å²) in [6, 6.07) is 5.23. The van der Waals surface area contributed by atoms with Crippen LogP contribution in [-0.4, -0.2) is 6.54 Å². The van der Waals surface area contributed by atoms with Crippen molar-refractivity contribution >= 4 is 21.6 Å². The van der Waals surface area contributed by atoms with Crippen molar-refractivity contribution in [2.24, 2.45) is 5.41 Å². The molecular weight excluding hydrogens is 295 g/mol. The van der Waals surface area contributed by atoms with Gasteiger partial charge in [-0.3, -0.25) is 0 Å². The second-order valence-corrected chi connectivity index (χ2v) is 5.80. The summed E-state index contributed by atoms with van der Waals surface area (Å²) in [6.45, 7) is 3.00. The van der Waals surface area contributed by atoms with Gasteiger partial charge in [0, 0.05) is 6.54 Å². The van der Waals surface area contributed by atoms with Crippen molar-refractivity contribution < 1.29 is 4.39 Å². The topological polar surface area (TPSA) is 35.8 Å². The molecule has 1 aliphatic rings. The van der Waals surface area contributed by atoms with Crippen LogP contribution in [0.4, 0.5) is 10.1 Å². The number of nitrogens with zero attached hydrogens (tertiary/aromatic N) is 1. The van der Waals surface area contributed by atoms with Crippen LogP contribution in [-0.2, 0) is 0 Å². The van der Waals surface area contributed by atoms with E-state index < -0.39 is 0 Å². The molecule has 0 atom stereocenters. The Morgan fingerprint density at radius 1 is 1.50 bits per heavy atom. The molecule has 1 N–H and O–H groups in total. The smallest absolute Gasteiger partial charge is 0.161 e. The molecule has 2 rings (SSSR count). The minimum Gasteiger partial charge on any atom is -0.382 e. The molecule has 1 aromatic carbocycles. The molecule has 0 heterocycles. The summed E-state index contributed by atoms with van der Waals surface area (Å²) in [5.74, 6) is -0.374. The summed E-state index contributed by atoms with van der Waals surface area (Å²) >= 11 is 3.12. The van der Waals surface area contributed by atoms with E-state index in [1.54, 1.807) is 12.1 Å². The first-order valence-electron chi connectivity index (χ1n) is 6.24. The maximum Gasteiger partial charge on any atom is 0.161 e. The summed E-state index contributed by atoms with van der Waals surface area (Å²) in [4.78, 5) is 0. The monoisotopic (exact) mass is 310 g/mol. The maximum atomic E-state index is 14.0. The first-order chi connectivity index (χ1) is 8.62. The van der Waals surface area contributed by atoms with Crippen LogP contribution in [0.25, 0.3) is 0 Å². The Hall–Kier alpha value is -1.08. The van der Waals surface area contributed by atoms with Gasteiger partial charge in [-0.1, -0.05) is 13.3 Å². The van der Waals surface area contributed by atoms with E-state index in [-0.39, 0.29) is 10.3 Å². The van der Waals surface area contributed by atoms with E-state index in [9.17, 15) is 4.39 Å². The van der Waals surface area contributed by atoms with E-state index in [0.29, 0.717) is 16.7 Å². The van der Waals surface area contributed by atoms with Gasteiger partial charge in [0.2, 0.25) is 0 Å². The Labute approximate surface area is 115 Å². The number of nitriles is 1. The van der Waals surface area contributed by atoms with E-state index in [1.165, 1.54) is 25.7 Å². The second kappa shape index (κ2) is 5.27. The molecule has 0 aromatic heterocycles. The van der Waals surface area contributed by atoms with Crippen LogP contribution in [0, 0.1) is 22.6 Å². The molecule has 0 amide bonds. The van der Waals surface area contributed by atoms with Gasteiger partial charge in [-0.15, -0.1) is 0 Å². The van der Waals surface area contributed by atoms with Gasteiger partial charge in [0.15, 0.2) is 5.82 Å². The van der Waals surface area contributed by atoms with Crippen molar-refractivity contribution in [2.75, 3.05) is 11.9 Å². The van der Waals surface area contributed by atoms with Crippen molar-refractivity contribution in [1.29, 1.82) is 5.26 Å². The molecule has 0 aliphatic heterocycles. The molecule has 18 heavy (non-hydrogen) atoms. The third kappa shape index (κ3) is 2.67. The van der Waals surface area contributed by atoms with Crippen LogP contribution < -0.4 is 5.32 Å². The predicted molar refractivity (Wildman–Crippen MR) is 73.9 cm³/mol. The fourth-order valence-corrected chi connectivity index (χ4v) is 2.71. The number of anilines is 1. The molecule has 0 unspecified atom stereocenters. The standard InChI is InChI=1S/C14H16BrFN2/c1-2-5-14(6-7-14)9-18-11-4-3-10(8-17)12(15)13(11)16/h3-4,18H,2,5-7,9H2,1H3. The van der Waals surface area contributed by atoms with Crippen LogP contribution in [0.15, 0.2) is 16.6 Å². The normalized spacial score (nSPS) is 16.1. The lowest BCUT2D eigenvalue weighted by molar-refractivity contribution is 0.484. The molecule has 1 aliphatic carbocycles. The zero-order valence-electron chi connectivity index (χ0n) is 10.4. The van der Waals surface area contributed by atoms with Gasteiger partial charge in [-0.2, -0.15) is 5.26 Å². The van der Waals surface area contributed by atoms with Crippen LogP contribution >= 0.6 is 15.9 Å². The van der Waals surface area contributed by atoms with E-state index in [4.69, 9.17) is 5.26 Å². The minimum atomic E-state index is -0.374. The lowest BCUT2D eigenvalue weighted by atomic mass is 10.0. The number of benzene rings is 1. The molecular formula is C14H16BrFN2. The van der Waals surface area contributed by atoms with Crippen LogP contribution in [0.3, 0.4) is 0 Å². The van der Waals surface area contributed by atoms with Crippen molar-refractivity contribution in [3.8, 4) is 6.07 Å². The summed E-state index contributed by atoms with van der Waals surface area (Å²) in [7, 11) is 0. The third-order valence-corrected chi connectivity index (χ3v) is 4.37. The van der Waals surface area contributed by atoms with Gasteiger partial charge in [0.1, 0.15) is 6.07 Å². The molecule has 2 nitrogen and oxygen atoms in total. The van der Waals surface area contributed by atoms with E-state index in [2.05, 4.69) is 28.2 Å². The fourth-order valence-electron chi connectivity index (χ4n) is 2.28. The molecule has 0 saturated heterocycles. The Morgan fingerprint density at radius 2 is 2.22 bits per heavy atom. The van der Waals surface area contributed by atoms with Gasteiger partial charge in [0.25, 0.3) is 0 Å². The Morgan fingerprint density at radius 3 is 2.78 bits per heavy atom. The molecule has 0 radical (unpaired) electrons. The average Bonchev–Trinajstić information content (AvgIpc) is 3.12. The van der Waals surface area contributed by atoms with Gasteiger partial charge < -0.3 is 5.32 Å². The summed E-state index contributed by atoms with van der Waals surface area (Å²) in [5.41, 5.74) is 1.18. The van der Waals surface area contributed by atoms with Crippen molar-refractivity contribution in [2.45, 2.75) is 32.6 Å². The Bertz CT molecular complexity index is 489. The molecule has 4 heteroatoms. The van der Waals surface area contributed by atoms with Crippen molar-refractivity contribution in [3.05, 3.63) is 28.0 Å². The van der Waals surface area contributed by atoms with Crippen molar-refractivity contribution in [3.63, 3.8) is 0 Å². The molecule has 0 bridgehead atoms. The third-order valence-electron chi connectivity index (χ3n) is 3.59. The van der Waals surface area contributed by atoms with Crippen LogP contribution in [0.1, 0.15) is 38.2 Å². The predicted octanol–water partition coefficient (Wildman–Crippen LogP) is 4.45. The summed E-state index contributed by atoms with van der Waals surface area (Å²) in [6.07, 6.45) is 4.82. The highest BCUT2D eigenvalue weighted by Crippen LogP contribution is 2.49. The summed E-state index contributed by atoms with van der Waals surface area (Å²) < 4.78 is 14.2. The maximum absolute atomic E-state index is 14.0. The first-order valence-corrected chi connectivity index (χ1v) is 7.03. The van der Waals surface area contributed by atoms with E-state index >= 15 is 0 Å². The minimum absolute atomic E-state index is 0.246. The first kappa shape index (κ1) is 13.4. The Kier molecular flexibility index (Phi) is 3.91. The SMILES string of the molecule is CCCC1(CNc2ccc(C#N)c(Br)c2F)CC1. The largest absolute Gasteiger partial charge is 0.382 e. The Balaban J connectivity index is 2.07. The number of nitrogens with one attached hydrogen (secondary N) is 1. The van der Waals surface area contributed by atoms with Crippen LogP contribution in [0.5, 0.6) is 0 Å². The highest BCUT2D eigenvalue weighted by Gasteiger charge is 2.41. The molecule has 1 saturated carbocycles. The zero-order chi connectivity index (χ0) is 13.2. The number of halogens is 2. The quantitative estimate of drug-likeness (QED) is 0.872. The van der Waals surface area contributed by atoms with E-state index in [0.717, 1.165) is 6.54 Å². The zero-order valence-corrected chi connectivity index (χ0v) is 12.0. The highest BCUT2D eigenvalue weighted by molar-refractivity contribution is 9.10. The fraction of sp³-hybridized carbons (Fsp3) is 0.500. The lowest BCUT2D eigenvalue weighted by Gasteiger charge is -2.16. The number of hydrogen-bond donors (Lipinski definition) is 1. The molecule has 1 fully saturated rings. The van der Waals surface area contributed by atoms with E-state index in [1.807, 2.05) is 6.07 Å². The lowest BCUT2D eigenvalue weighted by Crippen LogP contribution is -2.16. The second-order valence-electron chi connectivity index (χ2n) is 5.00. The number of rotatable bonds is 5. The van der Waals surface area contributed by atoms with Crippen molar-refractivity contribution in [1.82, 2.24) is 0 Å². The summed E-state index contributed by atoms with van der Waals surface area (Å²) in [5, 5.41) is 12.0. The molecule has 1 aromatic rings. The van der Waals surface area contributed by atoms with Gasteiger partial charge in [0.05, 0.1) is 15.7 Å². The van der Waals surface area contributed by atoms with Gasteiger partial charge >= 0.3 is 0 Å². The van der Waals surface area contributed by atoms with Gasteiger partial charge in [-0.05, 0) is 52.7 Å².